The Labute approximate surface area is 123 Å². The lowest BCUT2D eigenvalue weighted by molar-refractivity contribution is 1.20. The first-order valence-corrected chi connectivity index (χ1v) is 7.22. The van der Waals surface area contributed by atoms with E-state index < -0.39 is 0 Å². The SMILES string of the molecule is CC(=N/N=C(\C)c1ccccn1)Sc1ccccc1C. The van der Waals surface area contributed by atoms with E-state index >= 15 is 0 Å². The molecular weight excluding hydrogens is 266 g/mol. The van der Waals surface area contributed by atoms with Gasteiger partial charge in [-0.05, 0) is 44.5 Å². The molecular formula is C16H17N3S. The molecule has 2 rings (SSSR count). The Morgan fingerprint density at radius 2 is 1.75 bits per heavy atom. The van der Waals surface area contributed by atoms with E-state index in [1.807, 2.05) is 44.2 Å². The fourth-order valence-electron chi connectivity index (χ4n) is 1.62. The quantitative estimate of drug-likeness (QED) is 0.364. The summed E-state index contributed by atoms with van der Waals surface area (Å²) in [5, 5.41) is 9.42. The Bertz CT molecular complexity index is 633. The summed E-state index contributed by atoms with van der Waals surface area (Å²) in [6.45, 7) is 5.97. The topological polar surface area (TPSA) is 37.6 Å². The first-order valence-electron chi connectivity index (χ1n) is 6.40. The molecule has 0 saturated heterocycles. The standard InChI is InChI=1S/C16H17N3S/c1-12-8-4-5-10-16(12)20-14(3)19-18-13(2)15-9-6-7-11-17-15/h4-11H,1-3H3/b18-13+,19-14?. The minimum atomic E-state index is 0.815. The lowest BCUT2D eigenvalue weighted by Gasteiger charge is -2.03. The van der Waals surface area contributed by atoms with E-state index in [1.165, 1.54) is 10.5 Å². The van der Waals surface area contributed by atoms with Gasteiger partial charge >= 0.3 is 0 Å². The Morgan fingerprint density at radius 3 is 2.45 bits per heavy atom. The van der Waals surface area contributed by atoms with Crippen molar-refractivity contribution in [1.82, 2.24) is 4.98 Å². The lowest BCUT2D eigenvalue weighted by Crippen LogP contribution is -1.97. The molecule has 0 aliphatic carbocycles. The molecule has 2 aromatic rings. The fourth-order valence-corrected chi connectivity index (χ4v) is 2.40. The molecule has 0 amide bonds. The number of benzene rings is 1. The Hall–Kier alpha value is -1.94. The molecule has 102 valence electrons. The van der Waals surface area contributed by atoms with Crippen LogP contribution in [0.25, 0.3) is 0 Å². The zero-order chi connectivity index (χ0) is 14.4. The summed E-state index contributed by atoms with van der Waals surface area (Å²) in [4.78, 5) is 5.46. The van der Waals surface area contributed by atoms with Gasteiger partial charge in [-0.25, -0.2) is 0 Å². The van der Waals surface area contributed by atoms with Gasteiger partial charge in [0.05, 0.1) is 16.4 Å². The van der Waals surface area contributed by atoms with E-state index in [9.17, 15) is 0 Å². The van der Waals surface area contributed by atoms with Crippen LogP contribution in [0.3, 0.4) is 0 Å². The molecule has 0 aliphatic heterocycles. The van der Waals surface area contributed by atoms with Gasteiger partial charge in [0.25, 0.3) is 0 Å². The van der Waals surface area contributed by atoms with Crippen LogP contribution >= 0.6 is 11.8 Å². The van der Waals surface area contributed by atoms with E-state index in [0.29, 0.717) is 0 Å². The highest BCUT2D eigenvalue weighted by molar-refractivity contribution is 8.14. The molecule has 0 unspecified atom stereocenters. The fraction of sp³-hybridized carbons (Fsp3) is 0.188. The molecule has 0 bridgehead atoms. The molecule has 1 heterocycles. The maximum Gasteiger partial charge on any atom is 0.0975 e. The summed E-state index contributed by atoms with van der Waals surface area (Å²) in [6, 6.07) is 14.0. The van der Waals surface area contributed by atoms with Crippen molar-refractivity contribution in [3.63, 3.8) is 0 Å². The Balaban J connectivity index is 2.10. The number of rotatable bonds is 3. The zero-order valence-corrected chi connectivity index (χ0v) is 12.7. The molecule has 0 radical (unpaired) electrons. The van der Waals surface area contributed by atoms with Gasteiger partial charge in [-0.1, -0.05) is 36.0 Å². The summed E-state index contributed by atoms with van der Waals surface area (Å²) in [6.07, 6.45) is 1.76. The first kappa shape index (κ1) is 14.5. The number of thioether (sulfide) groups is 1. The van der Waals surface area contributed by atoms with Crippen LogP contribution < -0.4 is 0 Å². The smallest absolute Gasteiger partial charge is 0.0975 e. The number of nitrogens with zero attached hydrogens (tertiary/aromatic N) is 3. The molecule has 0 spiro atoms. The summed E-state index contributed by atoms with van der Waals surface area (Å²) in [5.74, 6) is 0. The molecule has 0 saturated carbocycles. The van der Waals surface area contributed by atoms with Gasteiger partial charge in [-0.15, -0.1) is 5.10 Å². The van der Waals surface area contributed by atoms with Crippen LogP contribution in [0, 0.1) is 6.92 Å². The van der Waals surface area contributed by atoms with Crippen LogP contribution in [0.15, 0.2) is 63.8 Å². The minimum Gasteiger partial charge on any atom is -0.255 e. The monoisotopic (exact) mass is 283 g/mol. The van der Waals surface area contributed by atoms with E-state index in [1.54, 1.807) is 18.0 Å². The van der Waals surface area contributed by atoms with Crippen LogP contribution in [-0.2, 0) is 0 Å². The van der Waals surface area contributed by atoms with Crippen LogP contribution in [0.4, 0.5) is 0 Å². The van der Waals surface area contributed by atoms with E-state index in [4.69, 9.17) is 0 Å². The van der Waals surface area contributed by atoms with Crippen molar-refractivity contribution in [1.29, 1.82) is 0 Å². The highest BCUT2D eigenvalue weighted by Gasteiger charge is 2.01. The summed E-state index contributed by atoms with van der Waals surface area (Å²) in [7, 11) is 0. The largest absolute Gasteiger partial charge is 0.255 e. The van der Waals surface area contributed by atoms with Crippen molar-refractivity contribution in [2.75, 3.05) is 0 Å². The molecule has 0 atom stereocenters. The predicted molar refractivity (Wildman–Crippen MR) is 86.6 cm³/mol. The van der Waals surface area contributed by atoms with Crippen molar-refractivity contribution in [3.05, 3.63) is 59.9 Å². The van der Waals surface area contributed by atoms with Crippen LogP contribution in [0.5, 0.6) is 0 Å². The average molecular weight is 283 g/mol. The maximum atomic E-state index is 4.26. The average Bonchev–Trinajstić information content (AvgIpc) is 2.48. The van der Waals surface area contributed by atoms with Gasteiger partial charge in [0.1, 0.15) is 0 Å². The Morgan fingerprint density at radius 1 is 1.00 bits per heavy atom. The lowest BCUT2D eigenvalue weighted by atomic mass is 10.2. The molecule has 3 nitrogen and oxygen atoms in total. The normalized spacial score (nSPS) is 12.6. The van der Waals surface area contributed by atoms with Crippen molar-refractivity contribution in [3.8, 4) is 0 Å². The predicted octanol–water partition coefficient (Wildman–Crippen LogP) is 4.32. The van der Waals surface area contributed by atoms with Crippen molar-refractivity contribution < 1.29 is 0 Å². The van der Waals surface area contributed by atoms with Crippen molar-refractivity contribution >= 4 is 22.5 Å². The zero-order valence-electron chi connectivity index (χ0n) is 11.9. The molecule has 0 fully saturated rings. The van der Waals surface area contributed by atoms with E-state index in [2.05, 4.69) is 34.2 Å². The van der Waals surface area contributed by atoms with E-state index in [-0.39, 0.29) is 0 Å². The highest BCUT2D eigenvalue weighted by Crippen LogP contribution is 2.23. The molecule has 1 aromatic heterocycles. The number of hydrogen-bond donors (Lipinski definition) is 0. The van der Waals surface area contributed by atoms with Gasteiger partial charge in [0.2, 0.25) is 0 Å². The number of aromatic nitrogens is 1. The molecule has 1 aromatic carbocycles. The second-order valence-electron chi connectivity index (χ2n) is 4.39. The van der Waals surface area contributed by atoms with Gasteiger partial charge in [0, 0.05) is 11.1 Å². The minimum absolute atomic E-state index is 0.815. The highest BCUT2D eigenvalue weighted by atomic mass is 32.2. The van der Waals surface area contributed by atoms with E-state index in [0.717, 1.165) is 16.4 Å². The summed E-state index contributed by atoms with van der Waals surface area (Å²) >= 11 is 1.63. The van der Waals surface area contributed by atoms with Crippen molar-refractivity contribution in [2.45, 2.75) is 25.7 Å². The second kappa shape index (κ2) is 7.01. The van der Waals surface area contributed by atoms with Gasteiger partial charge in [-0.3, -0.25) is 4.98 Å². The Kier molecular flexibility index (Phi) is 5.07. The van der Waals surface area contributed by atoms with Gasteiger partial charge < -0.3 is 0 Å². The van der Waals surface area contributed by atoms with Crippen LogP contribution in [0.2, 0.25) is 0 Å². The molecule has 0 N–H and O–H groups in total. The molecule has 4 heteroatoms. The van der Waals surface area contributed by atoms with Gasteiger partial charge in [0.15, 0.2) is 0 Å². The number of aryl methyl sites for hydroxylation is 1. The summed E-state index contributed by atoms with van der Waals surface area (Å²) in [5.41, 5.74) is 2.91. The third-order valence-corrected chi connectivity index (χ3v) is 3.78. The second-order valence-corrected chi connectivity index (χ2v) is 5.62. The third kappa shape index (κ3) is 4.03. The van der Waals surface area contributed by atoms with Crippen LogP contribution in [-0.4, -0.2) is 15.7 Å². The maximum absolute atomic E-state index is 4.26. The van der Waals surface area contributed by atoms with Crippen molar-refractivity contribution in [2.24, 2.45) is 10.2 Å². The molecule has 0 aliphatic rings. The van der Waals surface area contributed by atoms with Crippen LogP contribution in [0.1, 0.15) is 25.1 Å². The third-order valence-electron chi connectivity index (χ3n) is 2.73. The molecule has 20 heavy (non-hydrogen) atoms. The summed E-state index contributed by atoms with van der Waals surface area (Å²) < 4.78 is 0. The van der Waals surface area contributed by atoms with Gasteiger partial charge in [-0.2, -0.15) is 5.10 Å². The number of hydrogen-bond acceptors (Lipinski definition) is 4. The number of pyridine rings is 1. The first-order chi connectivity index (χ1) is 9.66.